The number of hydrogen-bond acceptors (Lipinski definition) is 6. The van der Waals surface area contributed by atoms with Gasteiger partial charge < -0.3 is 14.8 Å². The van der Waals surface area contributed by atoms with Crippen LogP contribution >= 0.6 is 11.3 Å². The first-order valence-electron chi connectivity index (χ1n) is 11.3. The molecule has 1 aromatic heterocycles. The molecular formula is C27H22N4O3S. The maximum absolute atomic E-state index is 11.9. The lowest BCUT2D eigenvalue weighted by atomic mass is 10.1. The normalized spacial score (nSPS) is 16.0. The molecule has 7 nitrogen and oxygen atoms in total. The molecule has 0 fully saturated rings. The Morgan fingerprint density at radius 1 is 1.06 bits per heavy atom. The highest BCUT2D eigenvalue weighted by molar-refractivity contribution is 7.07. The van der Waals surface area contributed by atoms with E-state index in [0.717, 1.165) is 46.0 Å². The van der Waals surface area contributed by atoms with Crippen molar-refractivity contribution in [2.45, 2.75) is 12.8 Å². The molecule has 4 aromatic rings. The molecule has 0 radical (unpaired) electrons. The zero-order chi connectivity index (χ0) is 23.8. The number of nitrogens with zero attached hydrogens (tertiary/aromatic N) is 3. The molecule has 3 aromatic carbocycles. The summed E-state index contributed by atoms with van der Waals surface area (Å²) in [6.45, 7) is 0.0292. The van der Waals surface area contributed by atoms with E-state index < -0.39 is 0 Å². The molecule has 0 saturated carbocycles. The van der Waals surface area contributed by atoms with Gasteiger partial charge in [0.2, 0.25) is 4.80 Å². The van der Waals surface area contributed by atoms with Gasteiger partial charge >= 0.3 is 0 Å². The Kier molecular flexibility index (Phi) is 5.42. The number of carbonyl (C=O) groups excluding carboxylic acids is 1. The van der Waals surface area contributed by atoms with Crippen LogP contribution in [0.2, 0.25) is 0 Å². The number of aromatic nitrogens is 1. The van der Waals surface area contributed by atoms with Crippen LogP contribution in [0.4, 0.5) is 11.4 Å². The van der Waals surface area contributed by atoms with Crippen LogP contribution in [0.1, 0.15) is 17.5 Å². The number of nitrogens with one attached hydrogen (secondary N) is 1. The number of methoxy groups -OCH3 is 1. The Bertz CT molecular complexity index is 1550. The number of thiazole rings is 1. The van der Waals surface area contributed by atoms with E-state index in [1.807, 2.05) is 58.6 Å². The average molecular weight is 483 g/mol. The second-order valence-electron chi connectivity index (χ2n) is 8.28. The number of anilines is 1. The van der Waals surface area contributed by atoms with Gasteiger partial charge in [-0.3, -0.25) is 4.79 Å². The molecule has 0 saturated heterocycles. The summed E-state index contributed by atoms with van der Waals surface area (Å²) in [5, 5.41) is 10.0. The zero-order valence-corrected chi connectivity index (χ0v) is 19.8. The van der Waals surface area contributed by atoms with E-state index in [4.69, 9.17) is 19.6 Å². The fourth-order valence-corrected chi connectivity index (χ4v) is 5.19. The Balaban J connectivity index is 1.52. The molecule has 35 heavy (non-hydrogen) atoms. The highest BCUT2D eigenvalue weighted by Crippen LogP contribution is 2.33. The van der Waals surface area contributed by atoms with Gasteiger partial charge in [-0.1, -0.05) is 30.3 Å². The van der Waals surface area contributed by atoms with E-state index in [9.17, 15) is 4.79 Å². The fourth-order valence-electron chi connectivity index (χ4n) is 4.34. The lowest BCUT2D eigenvalue weighted by molar-refractivity contribution is -0.118. The quantitative estimate of drug-likeness (QED) is 0.445. The molecule has 6 rings (SSSR count). The van der Waals surface area contributed by atoms with Crippen molar-refractivity contribution in [1.29, 1.82) is 0 Å². The molecule has 0 spiro atoms. The molecule has 8 heteroatoms. The molecule has 2 aliphatic rings. The van der Waals surface area contributed by atoms with Crippen molar-refractivity contribution in [2.24, 2.45) is 10.1 Å². The highest BCUT2D eigenvalue weighted by atomic mass is 32.1. The number of aryl methyl sites for hydroxylation is 1. The minimum absolute atomic E-state index is 0.0292. The van der Waals surface area contributed by atoms with Gasteiger partial charge in [0.05, 0.1) is 29.9 Å². The fraction of sp³-hybridized carbons (Fsp3) is 0.148. The van der Waals surface area contributed by atoms with Crippen molar-refractivity contribution >= 4 is 34.3 Å². The van der Waals surface area contributed by atoms with E-state index in [1.165, 1.54) is 22.5 Å². The van der Waals surface area contributed by atoms with Crippen LogP contribution in [-0.2, 0) is 11.2 Å². The van der Waals surface area contributed by atoms with Gasteiger partial charge in [0, 0.05) is 22.6 Å². The topological polar surface area (TPSA) is 77.2 Å². The van der Waals surface area contributed by atoms with Crippen LogP contribution in [0.15, 0.2) is 82.2 Å². The van der Waals surface area contributed by atoms with E-state index in [0.29, 0.717) is 11.4 Å². The van der Waals surface area contributed by atoms with E-state index >= 15 is 0 Å². The van der Waals surface area contributed by atoms with Gasteiger partial charge in [-0.25, -0.2) is 9.67 Å². The van der Waals surface area contributed by atoms with Gasteiger partial charge in [-0.05, 0) is 48.7 Å². The Hall–Kier alpha value is -4.17. The van der Waals surface area contributed by atoms with Crippen molar-refractivity contribution in [2.75, 3.05) is 19.0 Å². The van der Waals surface area contributed by atoms with Crippen molar-refractivity contribution in [3.05, 3.63) is 88.0 Å². The standard InChI is InChI=1S/C27H22N4O3S/c1-33-20-7-4-6-19(14-20)28-27-31(30-22-11-9-17-5-2-3-8-21(17)22)24(16-35-27)18-10-12-25-23(13-18)29-26(32)15-34-25/h2-8,10,12-14,16H,9,11,15H2,1H3,(H,29,32). The third kappa shape index (κ3) is 4.13. The molecule has 174 valence electrons. The van der Waals surface area contributed by atoms with Crippen molar-refractivity contribution < 1.29 is 14.3 Å². The van der Waals surface area contributed by atoms with Gasteiger partial charge in [-0.2, -0.15) is 5.10 Å². The molecule has 1 amide bonds. The summed E-state index contributed by atoms with van der Waals surface area (Å²) in [4.78, 5) is 17.5. The number of ether oxygens (including phenoxy) is 2. The zero-order valence-electron chi connectivity index (χ0n) is 19.0. The molecule has 1 aliphatic heterocycles. The average Bonchev–Trinajstić information content (AvgIpc) is 3.48. The summed E-state index contributed by atoms with van der Waals surface area (Å²) >= 11 is 1.51. The van der Waals surface area contributed by atoms with Gasteiger partial charge in [0.1, 0.15) is 11.5 Å². The molecular weight excluding hydrogens is 460 g/mol. The summed E-state index contributed by atoms with van der Waals surface area (Å²) in [6.07, 6.45) is 1.84. The number of amides is 1. The lowest BCUT2D eigenvalue weighted by Gasteiger charge is -2.18. The molecule has 2 heterocycles. The monoisotopic (exact) mass is 482 g/mol. The predicted molar refractivity (Wildman–Crippen MR) is 137 cm³/mol. The van der Waals surface area contributed by atoms with Gasteiger partial charge in [0.15, 0.2) is 6.61 Å². The van der Waals surface area contributed by atoms with Crippen molar-refractivity contribution in [3.63, 3.8) is 0 Å². The summed E-state index contributed by atoms with van der Waals surface area (Å²) in [5.41, 5.74) is 6.75. The number of hydrogen-bond donors (Lipinski definition) is 1. The molecule has 0 unspecified atom stereocenters. The second-order valence-corrected chi connectivity index (χ2v) is 9.12. The number of fused-ring (bicyclic) bond motifs is 2. The summed E-state index contributed by atoms with van der Waals surface area (Å²) < 4.78 is 12.8. The Morgan fingerprint density at radius 3 is 2.89 bits per heavy atom. The van der Waals surface area contributed by atoms with Crippen molar-refractivity contribution in [1.82, 2.24) is 4.68 Å². The van der Waals surface area contributed by atoms with Gasteiger partial charge in [0.25, 0.3) is 5.91 Å². The maximum Gasteiger partial charge on any atom is 0.262 e. The van der Waals surface area contributed by atoms with Crippen LogP contribution in [0.3, 0.4) is 0 Å². The first-order chi connectivity index (χ1) is 17.2. The first kappa shape index (κ1) is 21.4. The van der Waals surface area contributed by atoms with Crippen LogP contribution < -0.4 is 19.6 Å². The van der Waals surface area contributed by atoms with Crippen LogP contribution in [0, 0.1) is 0 Å². The minimum Gasteiger partial charge on any atom is -0.497 e. The molecule has 0 bridgehead atoms. The Morgan fingerprint density at radius 2 is 1.97 bits per heavy atom. The maximum atomic E-state index is 11.9. The number of benzene rings is 3. The predicted octanol–water partition coefficient (Wildman–Crippen LogP) is 4.99. The Labute approximate surface area is 206 Å². The first-order valence-corrected chi connectivity index (χ1v) is 12.2. The molecule has 0 atom stereocenters. The SMILES string of the molecule is COc1cccc(N=c2scc(-c3ccc4c(c3)NC(=O)CO4)n2N=C2CCc3ccccc32)c1. The summed E-state index contributed by atoms with van der Waals surface area (Å²) in [5.74, 6) is 1.24. The van der Waals surface area contributed by atoms with Crippen LogP contribution in [-0.4, -0.2) is 30.0 Å². The van der Waals surface area contributed by atoms with Crippen LogP contribution in [0.5, 0.6) is 11.5 Å². The smallest absolute Gasteiger partial charge is 0.262 e. The highest BCUT2D eigenvalue weighted by Gasteiger charge is 2.20. The van der Waals surface area contributed by atoms with E-state index in [2.05, 4.69) is 23.5 Å². The largest absolute Gasteiger partial charge is 0.497 e. The van der Waals surface area contributed by atoms with E-state index in [1.54, 1.807) is 7.11 Å². The van der Waals surface area contributed by atoms with Crippen molar-refractivity contribution in [3.8, 4) is 22.8 Å². The molecule has 1 N–H and O–H groups in total. The second kappa shape index (κ2) is 8.88. The van der Waals surface area contributed by atoms with Crippen LogP contribution in [0.25, 0.3) is 11.3 Å². The molecule has 1 aliphatic carbocycles. The lowest BCUT2D eigenvalue weighted by Crippen LogP contribution is -2.25. The summed E-state index contributed by atoms with van der Waals surface area (Å²) in [7, 11) is 1.64. The number of carbonyl (C=O) groups is 1. The third-order valence-corrected chi connectivity index (χ3v) is 6.87. The third-order valence-electron chi connectivity index (χ3n) is 6.05. The number of rotatable bonds is 4. The van der Waals surface area contributed by atoms with E-state index in [-0.39, 0.29) is 12.5 Å². The summed E-state index contributed by atoms with van der Waals surface area (Å²) in [6, 6.07) is 21.8. The minimum atomic E-state index is -0.163. The van der Waals surface area contributed by atoms with Gasteiger partial charge in [-0.15, -0.1) is 11.3 Å².